The van der Waals surface area contributed by atoms with Crippen molar-refractivity contribution in [3.05, 3.63) is 46.8 Å². The third-order valence-electron chi connectivity index (χ3n) is 4.69. The molecule has 0 saturated carbocycles. The number of carbonyl (C=O) groups is 2. The number of rotatable bonds is 7. The lowest BCUT2D eigenvalue weighted by Gasteiger charge is -2.25. The predicted molar refractivity (Wildman–Crippen MR) is 116 cm³/mol. The SMILES string of the molecule is CCOC(=O)c1nnn(Cc2ccc(OC)cc2)c1/C=C1\CNCCC1SC(C)=O. The number of thioether (sulfide) groups is 1. The summed E-state index contributed by atoms with van der Waals surface area (Å²) in [7, 11) is 1.62. The molecule has 1 atom stereocenters. The molecule has 2 aromatic rings. The number of aromatic nitrogens is 3. The zero-order chi connectivity index (χ0) is 21.5. The van der Waals surface area contributed by atoms with E-state index in [4.69, 9.17) is 9.47 Å². The third-order valence-corrected chi connectivity index (χ3v) is 5.84. The Kier molecular flexibility index (Phi) is 7.64. The van der Waals surface area contributed by atoms with Crippen LogP contribution in [0.25, 0.3) is 6.08 Å². The van der Waals surface area contributed by atoms with Gasteiger partial charge in [0.05, 0.1) is 26.0 Å². The van der Waals surface area contributed by atoms with Crippen molar-refractivity contribution in [2.75, 3.05) is 26.8 Å². The molecule has 1 fully saturated rings. The Morgan fingerprint density at radius 3 is 2.77 bits per heavy atom. The Bertz CT molecular complexity index is 924. The average Bonchev–Trinajstić information content (AvgIpc) is 3.12. The van der Waals surface area contributed by atoms with Crippen molar-refractivity contribution in [3.63, 3.8) is 0 Å². The molecule has 0 spiro atoms. The van der Waals surface area contributed by atoms with E-state index in [9.17, 15) is 9.59 Å². The standard InChI is InChI=1S/C21H26N4O4S/c1-4-29-21(27)20-18(11-16-12-22-10-9-19(16)30-14(2)26)25(24-23-20)13-15-5-7-17(28-3)8-6-15/h5-8,11,19,22H,4,9-10,12-13H2,1-3H3/b16-11+. The molecule has 1 saturated heterocycles. The summed E-state index contributed by atoms with van der Waals surface area (Å²) < 4.78 is 12.1. The molecular formula is C21H26N4O4S. The molecule has 30 heavy (non-hydrogen) atoms. The van der Waals surface area contributed by atoms with E-state index in [0.29, 0.717) is 18.8 Å². The van der Waals surface area contributed by atoms with E-state index in [1.807, 2.05) is 30.3 Å². The maximum absolute atomic E-state index is 12.5. The minimum Gasteiger partial charge on any atom is -0.497 e. The Morgan fingerprint density at radius 1 is 1.33 bits per heavy atom. The van der Waals surface area contributed by atoms with Crippen LogP contribution in [-0.2, 0) is 16.1 Å². The van der Waals surface area contributed by atoms with Crippen molar-refractivity contribution in [2.45, 2.75) is 32.1 Å². The summed E-state index contributed by atoms with van der Waals surface area (Å²) in [4.78, 5) is 24.1. The van der Waals surface area contributed by atoms with E-state index in [2.05, 4.69) is 15.6 Å². The monoisotopic (exact) mass is 430 g/mol. The average molecular weight is 431 g/mol. The van der Waals surface area contributed by atoms with Gasteiger partial charge in [-0.05, 0) is 49.2 Å². The van der Waals surface area contributed by atoms with Crippen LogP contribution in [0.5, 0.6) is 5.75 Å². The van der Waals surface area contributed by atoms with Gasteiger partial charge in [0, 0.05) is 18.7 Å². The van der Waals surface area contributed by atoms with Gasteiger partial charge < -0.3 is 14.8 Å². The number of methoxy groups -OCH3 is 1. The van der Waals surface area contributed by atoms with Gasteiger partial charge in [0.1, 0.15) is 5.75 Å². The van der Waals surface area contributed by atoms with Gasteiger partial charge in [-0.25, -0.2) is 9.48 Å². The first-order valence-corrected chi connectivity index (χ1v) is 10.7. The summed E-state index contributed by atoms with van der Waals surface area (Å²) in [5.41, 5.74) is 2.78. The zero-order valence-corrected chi connectivity index (χ0v) is 18.2. The highest BCUT2D eigenvalue weighted by Crippen LogP contribution is 2.28. The van der Waals surface area contributed by atoms with E-state index >= 15 is 0 Å². The molecule has 0 radical (unpaired) electrons. The van der Waals surface area contributed by atoms with Crippen molar-refractivity contribution in [2.24, 2.45) is 0 Å². The number of ether oxygens (including phenoxy) is 2. The molecular weight excluding hydrogens is 404 g/mol. The minimum absolute atomic E-state index is 0.0585. The Labute approximate surface area is 180 Å². The van der Waals surface area contributed by atoms with Gasteiger partial charge >= 0.3 is 5.97 Å². The number of hydrogen-bond acceptors (Lipinski definition) is 8. The van der Waals surface area contributed by atoms with Crippen LogP contribution in [0.15, 0.2) is 29.8 Å². The number of esters is 1. The molecule has 9 heteroatoms. The lowest BCUT2D eigenvalue weighted by molar-refractivity contribution is -0.109. The fraction of sp³-hybridized carbons (Fsp3) is 0.429. The third kappa shape index (κ3) is 5.48. The lowest BCUT2D eigenvalue weighted by Crippen LogP contribution is -2.32. The van der Waals surface area contributed by atoms with Crippen molar-refractivity contribution in [3.8, 4) is 5.75 Å². The molecule has 1 unspecified atom stereocenters. The topological polar surface area (TPSA) is 95.3 Å². The summed E-state index contributed by atoms with van der Waals surface area (Å²) in [6, 6.07) is 7.64. The molecule has 1 aliphatic heterocycles. The second kappa shape index (κ2) is 10.4. The van der Waals surface area contributed by atoms with Crippen LogP contribution >= 0.6 is 11.8 Å². The number of piperidine rings is 1. The van der Waals surface area contributed by atoms with Gasteiger partial charge in [-0.1, -0.05) is 29.1 Å². The highest BCUT2D eigenvalue weighted by Gasteiger charge is 2.25. The van der Waals surface area contributed by atoms with Gasteiger partial charge in [-0.3, -0.25) is 4.79 Å². The van der Waals surface area contributed by atoms with Crippen LogP contribution in [0, 0.1) is 0 Å². The number of carbonyl (C=O) groups excluding carboxylic acids is 2. The molecule has 0 bridgehead atoms. The van der Waals surface area contributed by atoms with Crippen molar-refractivity contribution in [1.82, 2.24) is 20.3 Å². The van der Waals surface area contributed by atoms with E-state index < -0.39 is 5.97 Å². The first kappa shape index (κ1) is 22.0. The molecule has 8 nitrogen and oxygen atoms in total. The maximum atomic E-state index is 12.5. The molecule has 1 aromatic heterocycles. The van der Waals surface area contributed by atoms with Crippen LogP contribution in [0.3, 0.4) is 0 Å². The zero-order valence-electron chi connectivity index (χ0n) is 17.4. The van der Waals surface area contributed by atoms with Gasteiger partial charge in [0.25, 0.3) is 0 Å². The highest BCUT2D eigenvalue weighted by molar-refractivity contribution is 8.14. The van der Waals surface area contributed by atoms with E-state index in [1.54, 1.807) is 25.6 Å². The number of benzene rings is 1. The van der Waals surface area contributed by atoms with Gasteiger partial charge in [0.2, 0.25) is 0 Å². The maximum Gasteiger partial charge on any atom is 0.361 e. The van der Waals surface area contributed by atoms with Gasteiger partial charge in [-0.15, -0.1) is 5.10 Å². The van der Waals surface area contributed by atoms with Crippen LogP contribution < -0.4 is 10.1 Å². The van der Waals surface area contributed by atoms with Gasteiger partial charge in [0.15, 0.2) is 10.8 Å². The quantitative estimate of drug-likeness (QED) is 0.670. The van der Waals surface area contributed by atoms with Crippen LogP contribution in [0.2, 0.25) is 0 Å². The van der Waals surface area contributed by atoms with Gasteiger partial charge in [-0.2, -0.15) is 0 Å². The summed E-state index contributed by atoms with van der Waals surface area (Å²) in [6.45, 7) is 5.50. The second-order valence-electron chi connectivity index (χ2n) is 6.83. The Morgan fingerprint density at radius 2 is 2.10 bits per heavy atom. The first-order chi connectivity index (χ1) is 14.5. The molecule has 160 valence electrons. The van der Waals surface area contributed by atoms with Crippen molar-refractivity contribution >= 4 is 28.9 Å². The van der Waals surface area contributed by atoms with Crippen LogP contribution in [0.1, 0.15) is 42.0 Å². The van der Waals surface area contributed by atoms with E-state index in [0.717, 1.165) is 29.9 Å². The van der Waals surface area contributed by atoms with E-state index in [1.165, 1.54) is 11.8 Å². The van der Waals surface area contributed by atoms with Crippen LogP contribution in [-0.4, -0.2) is 58.1 Å². The fourth-order valence-corrected chi connectivity index (χ4v) is 4.19. The number of hydrogen-bond donors (Lipinski definition) is 1. The molecule has 1 N–H and O–H groups in total. The summed E-state index contributed by atoms with van der Waals surface area (Å²) in [6.07, 6.45) is 2.76. The highest BCUT2D eigenvalue weighted by atomic mass is 32.2. The van der Waals surface area contributed by atoms with E-state index in [-0.39, 0.29) is 22.7 Å². The molecule has 3 rings (SSSR count). The predicted octanol–water partition coefficient (Wildman–Crippen LogP) is 2.54. The number of nitrogens with one attached hydrogen (secondary N) is 1. The summed E-state index contributed by atoms with van der Waals surface area (Å²) in [5.74, 6) is 0.258. The molecule has 2 heterocycles. The van der Waals surface area contributed by atoms with Crippen LogP contribution in [0.4, 0.5) is 0 Å². The molecule has 1 aliphatic rings. The normalized spacial score (nSPS) is 17.7. The largest absolute Gasteiger partial charge is 0.497 e. The second-order valence-corrected chi connectivity index (χ2v) is 8.21. The molecule has 0 aliphatic carbocycles. The Hall–Kier alpha value is -2.65. The number of nitrogens with zero attached hydrogens (tertiary/aromatic N) is 3. The smallest absolute Gasteiger partial charge is 0.361 e. The Balaban J connectivity index is 1.97. The lowest BCUT2D eigenvalue weighted by atomic mass is 10.0. The fourth-order valence-electron chi connectivity index (χ4n) is 3.25. The van der Waals surface area contributed by atoms with Crippen molar-refractivity contribution in [1.29, 1.82) is 0 Å². The molecule has 0 amide bonds. The first-order valence-electron chi connectivity index (χ1n) is 9.83. The summed E-state index contributed by atoms with van der Waals surface area (Å²) >= 11 is 1.32. The van der Waals surface area contributed by atoms with Crippen molar-refractivity contribution < 1.29 is 19.1 Å². The minimum atomic E-state index is -0.509. The molecule has 1 aromatic carbocycles. The summed E-state index contributed by atoms with van der Waals surface area (Å²) in [5, 5.41) is 11.8.